The Morgan fingerprint density at radius 2 is 1.86 bits per heavy atom. The summed E-state index contributed by atoms with van der Waals surface area (Å²) in [4.78, 5) is 8.37. The van der Waals surface area contributed by atoms with Gasteiger partial charge in [0.2, 0.25) is 0 Å². The van der Waals surface area contributed by atoms with Crippen molar-refractivity contribution < 1.29 is 5.11 Å². The van der Waals surface area contributed by atoms with Gasteiger partial charge in [-0.2, -0.15) is 5.10 Å². The number of hydrogen-bond donors (Lipinski definition) is 3. The van der Waals surface area contributed by atoms with E-state index in [1.807, 2.05) is 24.3 Å². The van der Waals surface area contributed by atoms with Crippen LogP contribution in [0.3, 0.4) is 0 Å². The molecule has 0 aliphatic heterocycles. The Hall–Kier alpha value is -2.71. The van der Waals surface area contributed by atoms with Gasteiger partial charge in [-0.3, -0.25) is 10.3 Å². The lowest BCUT2D eigenvalue weighted by Gasteiger charge is -2.15. The summed E-state index contributed by atoms with van der Waals surface area (Å²) in [5.74, 6) is 0.524. The molecule has 4 aromatic rings. The van der Waals surface area contributed by atoms with Crippen molar-refractivity contribution in [3.05, 3.63) is 76.8 Å². The molecule has 1 atom stereocenters. The second-order valence-corrected chi connectivity index (χ2v) is 6.88. The van der Waals surface area contributed by atoms with Crippen LogP contribution in [0.15, 0.2) is 61.2 Å². The highest BCUT2D eigenvalue weighted by atomic mass is 35.5. The highest BCUT2D eigenvalue weighted by molar-refractivity contribution is 6.42. The van der Waals surface area contributed by atoms with Crippen LogP contribution >= 0.6 is 23.2 Å². The van der Waals surface area contributed by atoms with Crippen molar-refractivity contribution in [1.82, 2.24) is 25.1 Å². The van der Waals surface area contributed by atoms with E-state index in [-0.39, 0.29) is 0 Å². The van der Waals surface area contributed by atoms with Gasteiger partial charge in [-0.15, -0.1) is 0 Å². The number of nitrogens with zero attached hydrogens (tertiary/aromatic N) is 4. The first-order valence-corrected chi connectivity index (χ1v) is 9.22. The number of aromatic nitrogens is 4. The van der Waals surface area contributed by atoms with Crippen LogP contribution in [0, 0.1) is 0 Å². The van der Waals surface area contributed by atoms with Crippen LogP contribution in [0.1, 0.15) is 5.56 Å². The third kappa shape index (κ3) is 4.07. The highest BCUT2D eigenvalue weighted by Gasteiger charge is 2.09. The van der Waals surface area contributed by atoms with Gasteiger partial charge in [0.25, 0.3) is 0 Å². The van der Waals surface area contributed by atoms with E-state index in [4.69, 9.17) is 23.2 Å². The molecule has 1 unspecified atom stereocenters. The average molecular weight is 415 g/mol. The van der Waals surface area contributed by atoms with Crippen molar-refractivity contribution >= 4 is 39.9 Å². The molecule has 7 nitrogen and oxygen atoms in total. The number of hydrogen-bond acceptors (Lipinski definition) is 6. The molecule has 4 rings (SSSR count). The summed E-state index contributed by atoms with van der Waals surface area (Å²) in [6.07, 6.45) is 5.88. The molecule has 142 valence electrons. The first kappa shape index (κ1) is 18.6. The quantitative estimate of drug-likeness (QED) is 0.417. The van der Waals surface area contributed by atoms with Crippen molar-refractivity contribution in [2.45, 2.75) is 12.9 Å². The van der Waals surface area contributed by atoms with E-state index in [0.717, 1.165) is 22.2 Å². The molecule has 0 fully saturated rings. The maximum Gasteiger partial charge on any atom is 0.182 e. The van der Waals surface area contributed by atoms with Gasteiger partial charge in [-0.1, -0.05) is 29.3 Å². The zero-order valence-corrected chi connectivity index (χ0v) is 16.1. The summed E-state index contributed by atoms with van der Waals surface area (Å²) >= 11 is 11.9. The number of pyridine rings is 2. The average Bonchev–Trinajstić information content (AvgIpc) is 3.13. The number of fused-ring (bicyclic) bond motifs is 1. The molecule has 0 spiro atoms. The molecule has 3 aromatic heterocycles. The van der Waals surface area contributed by atoms with Crippen LogP contribution in [0.4, 0.5) is 5.82 Å². The van der Waals surface area contributed by atoms with Crippen molar-refractivity contribution in [2.24, 2.45) is 0 Å². The zero-order chi connectivity index (χ0) is 19.5. The van der Waals surface area contributed by atoms with Crippen LogP contribution in [-0.2, 0) is 6.54 Å². The number of aliphatic hydroxyl groups excluding tert-OH is 1. The minimum absolute atomic E-state index is 0.410. The van der Waals surface area contributed by atoms with E-state index in [9.17, 15) is 5.11 Å². The van der Waals surface area contributed by atoms with Crippen molar-refractivity contribution in [2.75, 3.05) is 5.32 Å². The Kier molecular flexibility index (Phi) is 5.40. The molecule has 1 aromatic carbocycles. The number of halogens is 2. The largest absolute Gasteiger partial charge is 0.361 e. The van der Waals surface area contributed by atoms with Crippen LogP contribution in [0.25, 0.3) is 16.6 Å². The molecular weight excluding hydrogens is 399 g/mol. The number of benzene rings is 1. The molecule has 0 amide bonds. The van der Waals surface area contributed by atoms with Crippen LogP contribution in [-0.4, -0.2) is 31.2 Å². The van der Waals surface area contributed by atoms with Crippen molar-refractivity contribution in [3.8, 4) is 5.69 Å². The van der Waals surface area contributed by atoms with E-state index in [0.29, 0.717) is 22.4 Å². The summed E-state index contributed by atoms with van der Waals surface area (Å²) in [6, 6.07) is 10.9. The second-order valence-electron chi connectivity index (χ2n) is 6.07. The lowest BCUT2D eigenvalue weighted by atomic mass is 10.2. The maximum absolute atomic E-state index is 10.2. The predicted molar refractivity (Wildman–Crippen MR) is 110 cm³/mol. The summed E-state index contributed by atoms with van der Waals surface area (Å²) in [5, 5.41) is 22.3. The van der Waals surface area contributed by atoms with Gasteiger partial charge in [0.1, 0.15) is 5.82 Å². The molecule has 0 aliphatic rings. The zero-order valence-electron chi connectivity index (χ0n) is 14.5. The van der Waals surface area contributed by atoms with Gasteiger partial charge >= 0.3 is 0 Å². The SMILES string of the molecule is OC(NCc1ccc(Cl)c(Cl)c1)Nc1cc2cnn(-c3ccncc3)c2cn1. The maximum atomic E-state index is 10.2. The van der Waals surface area contributed by atoms with E-state index in [1.165, 1.54) is 0 Å². The van der Waals surface area contributed by atoms with Gasteiger partial charge < -0.3 is 10.4 Å². The molecule has 0 radical (unpaired) electrons. The topological polar surface area (TPSA) is 87.9 Å². The van der Waals surface area contributed by atoms with Crippen LogP contribution < -0.4 is 10.6 Å². The molecule has 3 N–H and O–H groups in total. The van der Waals surface area contributed by atoms with Gasteiger partial charge in [0.05, 0.1) is 33.6 Å². The molecule has 0 saturated carbocycles. The predicted octanol–water partition coefficient (Wildman–Crippen LogP) is 3.60. The minimum Gasteiger partial charge on any atom is -0.361 e. The van der Waals surface area contributed by atoms with Crippen molar-refractivity contribution in [1.29, 1.82) is 0 Å². The standard InChI is InChI=1S/C19H16Cl2N6O/c20-15-2-1-12(7-16(15)21)9-24-19(28)26-18-8-13-10-25-27(17(13)11-23-18)14-3-5-22-6-4-14/h1-8,10-11,19,24,28H,9H2,(H,23,26). The Bertz CT molecular complexity index is 1100. The Morgan fingerprint density at radius 3 is 2.64 bits per heavy atom. The first-order valence-electron chi connectivity index (χ1n) is 8.46. The van der Waals surface area contributed by atoms with Gasteiger partial charge in [-0.25, -0.2) is 9.67 Å². The Balaban J connectivity index is 1.43. The smallest absolute Gasteiger partial charge is 0.182 e. The van der Waals surface area contributed by atoms with Gasteiger partial charge in [0.15, 0.2) is 6.35 Å². The summed E-state index contributed by atoms with van der Waals surface area (Å²) < 4.78 is 1.78. The van der Waals surface area contributed by atoms with E-state index in [1.54, 1.807) is 41.6 Å². The summed E-state index contributed by atoms with van der Waals surface area (Å²) in [7, 11) is 0. The molecule has 28 heavy (non-hydrogen) atoms. The monoisotopic (exact) mass is 414 g/mol. The molecule has 0 saturated heterocycles. The summed E-state index contributed by atoms with van der Waals surface area (Å²) in [6.45, 7) is 0.410. The van der Waals surface area contributed by atoms with Gasteiger partial charge in [-0.05, 0) is 35.9 Å². The Labute approximate surface area is 171 Å². The third-order valence-corrected chi connectivity index (χ3v) is 4.87. The van der Waals surface area contributed by atoms with E-state index < -0.39 is 6.35 Å². The number of anilines is 1. The third-order valence-electron chi connectivity index (χ3n) is 4.13. The first-order chi connectivity index (χ1) is 13.6. The fourth-order valence-corrected chi connectivity index (χ4v) is 3.07. The normalized spacial score (nSPS) is 12.2. The molecule has 9 heteroatoms. The van der Waals surface area contributed by atoms with Crippen LogP contribution in [0.2, 0.25) is 10.0 Å². The number of rotatable bonds is 6. The van der Waals surface area contributed by atoms with E-state index in [2.05, 4.69) is 25.7 Å². The lowest BCUT2D eigenvalue weighted by Crippen LogP contribution is -2.35. The molecular formula is C19H16Cl2N6O. The second kappa shape index (κ2) is 8.12. The molecule has 3 heterocycles. The van der Waals surface area contributed by atoms with Crippen LogP contribution in [0.5, 0.6) is 0 Å². The fourth-order valence-electron chi connectivity index (χ4n) is 2.75. The molecule has 0 aliphatic carbocycles. The Morgan fingerprint density at radius 1 is 1.04 bits per heavy atom. The summed E-state index contributed by atoms with van der Waals surface area (Å²) in [5.41, 5.74) is 2.66. The fraction of sp³-hybridized carbons (Fsp3) is 0.105. The van der Waals surface area contributed by atoms with E-state index >= 15 is 0 Å². The van der Waals surface area contributed by atoms with Gasteiger partial charge in [0, 0.05) is 24.3 Å². The minimum atomic E-state index is -0.991. The highest BCUT2D eigenvalue weighted by Crippen LogP contribution is 2.23. The lowest BCUT2D eigenvalue weighted by molar-refractivity contribution is 0.163. The number of nitrogens with one attached hydrogen (secondary N) is 2. The van der Waals surface area contributed by atoms with Crippen molar-refractivity contribution in [3.63, 3.8) is 0 Å². The number of aliphatic hydroxyl groups is 1. The molecule has 0 bridgehead atoms.